The first-order valence-corrected chi connectivity index (χ1v) is 11.1. The van der Waals surface area contributed by atoms with Crippen molar-refractivity contribution in [2.24, 2.45) is 0 Å². The summed E-state index contributed by atoms with van der Waals surface area (Å²) >= 11 is 1.55. The monoisotopic (exact) mass is 431 g/mol. The van der Waals surface area contributed by atoms with Crippen molar-refractivity contribution in [2.75, 3.05) is 38.1 Å². The quantitative estimate of drug-likeness (QED) is 0.581. The SMILES string of the molecule is Cc1cc(Sc2cnc(N3CCN(C)CC3)nc2OCc2ccccc2)ccc1C#N. The first-order valence-electron chi connectivity index (χ1n) is 10.3. The molecule has 6 nitrogen and oxygen atoms in total. The number of aryl methyl sites for hydroxylation is 1. The largest absolute Gasteiger partial charge is 0.472 e. The van der Waals surface area contributed by atoms with Crippen LogP contribution < -0.4 is 9.64 Å². The van der Waals surface area contributed by atoms with Gasteiger partial charge in [0.2, 0.25) is 11.8 Å². The second kappa shape index (κ2) is 9.82. The molecule has 7 heteroatoms. The molecule has 0 unspecified atom stereocenters. The Morgan fingerprint density at radius 1 is 1.10 bits per heavy atom. The minimum Gasteiger partial charge on any atom is -0.472 e. The third-order valence-corrected chi connectivity index (χ3v) is 6.25. The molecule has 0 atom stereocenters. The Balaban J connectivity index is 1.59. The van der Waals surface area contributed by atoms with E-state index in [-0.39, 0.29) is 0 Å². The van der Waals surface area contributed by atoms with Gasteiger partial charge in [0.15, 0.2) is 0 Å². The van der Waals surface area contributed by atoms with Gasteiger partial charge in [0.25, 0.3) is 0 Å². The second-order valence-electron chi connectivity index (χ2n) is 7.59. The molecule has 31 heavy (non-hydrogen) atoms. The molecule has 4 rings (SSSR count). The Morgan fingerprint density at radius 2 is 1.87 bits per heavy atom. The number of aromatic nitrogens is 2. The van der Waals surface area contributed by atoms with Gasteiger partial charge in [-0.05, 0) is 43.3 Å². The van der Waals surface area contributed by atoms with Gasteiger partial charge in [0.1, 0.15) is 6.61 Å². The first kappa shape index (κ1) is 21.2. The number of anilines is 1. The van der Waals surface area contributed by atoms with Crippen LogP contribution in [0.1, 0.15) is 16.7 Å². The van der Waals surface area contributed by atoms with Gasteiger partial charge >= 0.3 is 0 Å². The van der Waals surface area contributed by atoms with Crippen LogP contribution in [0.3, 0.4) is 0 Å². The first-order chi connectivity index (χ1) is 15.1. The number of nitriles is 1. The molecular weight excluding hydrogens is 406 g/mol. The molecule has 0 bridgehead atoms. The average Bonchev–Trinajstić information content (AvgIpc) is 2.80. The zero-order valence-electron chi connectivity index (χ0n) is 17.8. The molecule has 0 spiro atoms. The lowest BCUT2D eigenvalue weighted by Gasteiger charge is -2.32. The van der Waals surface area contributed by atoms with E-state index in [1.807, 2.05) is 61.7 Å². The molecule has 1 aliphatic rings. The van der Waals surface area contributed by atoms with Crippen molar-refractivity contribution in [1.82, 2.24) is 14.9 Å². The van der Waals surface area contributed by atoms with E-state index in [1.165, 1.54) is 0 Å². The zero-order chi connectivity index (χ0) is 21.6. The molecular formula is C24H25N5OS. The molecule has 0 saturated carbocycles. The van der Waals surface area contributed by atoms with Crippen LogP contribution in [0.5, 0.6) is 5.88 Å². The Bertz CT molecular complexity index is 1080. The molecule has 0 aliphatic carbocycles. The van der Waals surface area contributed by atoms with E-state index in [9.17, 15) is 5.26 Å². The van der Waals surface area contributed by atoms with Gasteiger partial charge < -0.3 is 14.5 Å². The maximum absolute atomic E-state index is 9.19. The molecule has 1 fully saturated rings. The summed E-state index contributed by atoms with van der Waals surface area (Å²) in [6.07, 6.45) is 1.85. The summed E-state index contributed by atoms with van der Waals surface area (Å²) in [4.78, 5) is 15.8. The lowest BCUT2D eigenvalue weighted by molar-refractivity contribution is 0.283. The number of ether oxygens (including phenoxy) is 1. The number of hydrogen-bond donors (Lipinski definition) is 0. The van der Waals surface area contributed by atoms with Gasteiger partial charge in [-0.25, -0.2) is 4.98 Å². The molecule has 0 N–H and O–H groups in total. The van der Waals surface area contributed by atoms with Gasteiger partial charge in [-0.2, -0.15) is 10.2 Å². The highest BCUT2D eigenvalue weighted by atomic mass is 32.2. The maximum atomic E-state index is 9.19. The Labute approximate surface area is 187 Å². The summed E-state index contributed by atoms with van der Waals surface area (Å²) in [7, 11) is 2.13. The standard InChI is InChI=1S/C24H25N5OS/c1-18-14-21(9-8-20(18)15-25)31-22-16-26-24(29-12-10-28(2)11-13-29)27-23(22)30-17-19-6-4-3-5-7-19/h3-9,14,16H,10-13,17H2,1-2H3. The van der Waals surface area contributed by atoms with E-state index in [4.69, 9.17) is 9.72 Å². The van der Waals surface area contributed by atoms with Gasteiger partial charge in [0, 0.05) is 31.1 Å². The Kier molecular flexibility index (Phi) is 6.70. The lowest BCUT2D eigenvalue weighted by Crippen LogP contribution is -2.45. The van der Waals surface area contributed by atoms with Crippen LogP contribution in [-0.4, -0.2) is 48.1 Å². The van der Waals surface area contributed by atoms with Crippen molar-refractivity contribution >= 4 is 17.7 Å². The number of benzene rings is 2. The van der Waals surface area contributed by atoms with Crippen molar-refractivity contribution in [1.29, 1.82) is 5.26 Å². The van der Waals surface area contributed by atoms with Crippen LogP contribution in [0.15, 0.2) is 64.5 Å². The van der Waals surface area contributed by atoms with Crippen LogP contribution in [0, 0.1) is 18.3 Å². The van der Waals surface area contributed by atoms with E-state index in [2.05, 4.69) is 27.9 Å². The van der Waals surface area contributed by atoms with E-state index >= 15 is 0 Å². The van der Waals surface area contributed by atoms with E-state index in [0.29, 0.717) is 24.0 Å². The molecule has 0 radical (unpaired) electrons. The third-order valence-electron chi connectivity index (χ3n) is 5.26. The Morgan fingerprint density at radius 3 is 2.58 bits per heavy atom. The Hall–Kier alpha value is -3.08. The number of hydrogen-bond acceptors (Lipinski definition) is 7. The summed E-state index contributed by atoms with van der Waals surface area (Å²) in [5.74, 6) is 1.29. The average molecular weight is 432 g/mol. The smallest absolute Gasteiger partial charge is 0.232 e. The van der Waals surface area contributed by atoms with Crippen molar-refractivity contribution in [2.45, 2.75) is 23.3 Å². The molecule has 1 aromatic heterocycles. The summed E-state index contributed by atoms with van der Waals surface area (Å²) in [5.41, 5.74) is 2.73. The molecule has 0 amide bonds. The van der Waals surface area contributed by atoms with E-state index in [1.54, 1.807) is 11.8 Å². The molecule has 1 aliphatic heterocycles. The van der Waals surface area contributed by atoms with Gasteiger partial charge in [-0.1, -0.05) is 42.1 Å². The van der Waals surface area contributed by atoms with Crippen LogP contribution in [0.2, 0.25) is 0 Å². The second-order valence-corrected chi connectivity index (χ2v) is 8.71. The predicted octanol–water partition coefficient (Wildman–Crippen LogP) is 4.14. The lowest BCUT2D eigenvalue weighted by atomic mass is 10.1. The normalized spacial score (nSPS) is 14.3. The molecule has 158 valence electrons. The maximum Gasteiger partial charge on any atom is 0.232 e. The highest BCUT2D eigenvalue weighted by Gasteiger charge is 2.19. The van der Waals surface area contributed by atoms with Crippen molar-refractivity contribution in [3.05, 3.63) is 71.4 Å². The molecule has 3 aromatic rings. The minimum atomic E-state index is 0.444. The topological polar surface area (TPSA) is 65.3 Å². The van der Waals surface area contributed by atoms with Gasteiger partial charge in [-0.3, -0.25) is 0 Å². The fourth-order valence-corrected chi connectivity index (χ4v) is 4.28. The fraction of sp³-hybridized carbons (Fsp3) is 0.292. The van der Waals surface area contributed by atoms with Crippen molar-refractivity contribution in [3.8, 4) is 11.9 Å². The number of rotatable bonds is 6. The van der Waals surface area contributed by atoms with E-state index in [0.717, 1.165) is 47.1 Å². The molecule has 2 heterocycles. The highest BCUT2D eigenvalue weighted by molar-refractivity contribution is 7.99. The number of piperazine rings is 1. The van der Waals surface area contributed by atoms with Gasteiger partial charge in [-0.15, -0.1) is 0 Å². The number of likely N-dealkylation sites (N-methyl/N-ethyl adjacent to an activating group) is 1. The minimum absolute atomic E-state index is 0.444. The number of nitrogens with zero attached hydrogens (tertiary/aromatic N) is 5. The summed E-state index contributed by atoms with van der Waals surface area (Å²) < 4.78 is 6.16. The van der Waals surface area contributed by atoms with Crippen LogP contribution in [0.25, 0.3) is 0 Å². The summed E-state index contributed by atoms with van der Waals surface area (Å²) in [5, 5.41) is 9.19. The van der Waals surface area contributed by atoms with E-state index < -0.39 is 0 Å². The molecule has 1 saturated heterocycles. The van der Waals surface area contributed by atoms with Crippen molar-refractivity contribution in [3.63, 3.8) is 0 Å². The zero-order valence-corrected chi connectivity index (χ0v) is 18.6. The van der Waals surface area contributed by atoms with Crippen LogP contribution >= 0.6 is 11.8 Å². The van der Waals surface area contributed by atoms with Crippen LogP contribution in [-0.2, 0) is 6.61 Å². The predicted molar refractivity (Wildman–Crippen MR) is 123 cm³/mol. The van der Waals surface area contributed by atoms with Crippen LogP contribution in [0.4, 0.5) is 5.95 Å². The fourth-order valence-electron chi connectivity index (χ4n) is 3.36. The third kappa shape index (κ3) is 5.35. The highest BCUT2D eigenvalue weighted by Crippen LogP contribution is 2.35. The van der Waals surface area contributed by atoms with Gasteiger partial charge in [0.05, 0.1) is 22.7 Å². The van der Waals surface area contributed by atoms with Crippen molar-refractivity contribution < 1.29 is 4.74 Å². The molecule has 2 aromatic carbocycles. The summed E-state index contributed by atoms with van der Waals surface area (Å²) in [6, 6.07) is 18.1. The summed E-state index contributed by atoms with van der Waals surface area (Å²) in [6.45, 7) is 6.17.